The van der Waals surface area contributed by atoms with Crippen LogP contribution in [-0.4, -0.2) is 16.4 Å². The Hall–Kier alpha value is -3.34. The normalized spacial score (nSPS) is 15.2. The van der Waals surface area contributed by atoms with Crippen LogP contribution in [0.25, 0.3) is 27.7 Å². The molecule has 6 heteroatoms. The first-order valence-electron chi connectivity index (χ1n) is 10.7. The standard InChI is InChI=1S/C17H10F2N.C11H10N2.Ir/c18-13-8-9-15(16(19)11-13)17-14(7-4-10-20-17)12-5-2-1-3-6-12;1-2-4-10-9(3-1)5-7-13-8-6-12-11(10)13;/h1-8,10-11H;1-3,6,8,11H,5,7H2;/q-1;-2;+3. The zero-order valence-electron chi connectivity index (χ0n) is 18.1. The number of aromatic nitrogens is 1. The third kappa shape index (κ3) is 4.93. The average Bonchev–Trinajstić information content (AvgIpc) is 3.35. The van der Waals surface area contributed by atoms with Crippen molar-refractivity contribution in [2.45, 2.75) is 12.6 Å². The minimum Gasteiger partial charge on any atom is -0.668 e. The van der Waals surface area contributed by atoms with Gasteiger partial charge in [0.2, 0.25) is 0 Å². The van der Waals surface area contributed by atoms with Gasteiger partial charge in [-0.15, -0.1) is 12.1 Å². The molecule has 34 heavy (non-hydrogen) atoms. The maximum absolute atomic E-state index is 13.9. The Morgan fingerprint density at radius 2 is 1.85 bits per heavy atom. The SMILES string of the molecule is Fc1c[c-]c(-c2ncccc2-c2ccccc2)c(F)c1.[Ir+3].[c-]1cccc2c1C1[N-]C=CN1CC2. The van der Waals surface area contributed by atoms with Crippen molar-refractivity contribution >= 4 is 0 Å². The van der Waals surface area contributed by atoms with Gasteiger partial charge in [-0.3, -0.25) is 8.78 Å². The van der Waals surface area contributed by atoms with Crippen molar-refractivity contribution in [3.63, 3.8) is 0 Å². The van der Waals surface area contributed by atoms with E-state index in [1.54, 1.807) is 12.3 Å². The predicted octanol–water partition coefficient (Wildman–Crippen LogP) is 6.69. The topological polar surface area (TPSA) is 30.2 Å². The summed E-state index contributed by atoms with van der Waals surface area (Å²) in [4.78, 5) is 6.48. The van der Waals surface area contributed by atoms with E-state index >= 15 is 0 Å². The van der Waals surface area contributed by atoms with Crippen LogP contribution >= 0.6 is 0 Å². The molecule has 0 spiro atoms. The average molecular weight is 629 g/mol. The maximum Gasteiger partial charge on any atom is 3.00 e. The number of fused-ring (bicyclic) bond motifs is 3. The van der Waals surface area contributed by atoms with Gasteiger partial charge >= 0.3 is 20.1 Å². The van der Waals surface area contributed by atoms with E-state index in [2.05, 4.69) is 45.7 Å². The fourth-order valence-corrected chi connectivity index (χ4v) is 4.08. The second-order valence-electron chi connectivity index (χ2n) is 7.72. The molecule has 0 amide bonds. The summed E-state index contributed by atoms with van der Waals surface area (Å²) >= 11 is 0. The van der Waals surface area contributed by atoms with Crippen LogP contribution in [0.2, 0.25) is 0 Å². The van der Waals surface area contributed by atoms with Gasteiger partial charge in [0.1, 0.15) is 0 Å². The molecule has 3 nitrogen and oxygen atoms in total. The monoisotopic (exact) mass is 629 g/mol. The molecule has 0 saturated heterocycles. The molecule has 0 bridgehead atoms. The minimum atomic E-state index is -0.666. The first-order chi connectivity index (χ1) is 16.2. The zero-order chi connectivity index (χ0) is 22.6. The van der Waals surface area contributed by atoms with E-state index in [9.17, 15) is 8.78 Å². The van der Waals surface area contributed by atoms with E-state index in [1.807, 2.05) is 48.7 Å². The molecule has 0 N–H and O–H groups in total. The fraction of sp³-hybridized carbons (Fsp3) is 0.107. The number of pyridine rings is 1. The second-order valence-corrected chi connectivity index (χ2v) is 7.72. The number of benzene rings is 3. The van der Waals surface area contributed by atoms with E-state index < -0.39 is 11.6 Å². The number of hydrogen-bond acceptors (Lipinski definition) is 2. The number of rotatable bonds is 2. The van der Waals surface area contributed by atoms with Crippen molar-refractivity contribution in [2.24, 2.45) is 0 Å². The molecule has 0 radical (unpaired) electrons. The van der Waals surface area contributed by atoms with Gasteiger partial charge in [-0.05, 0) is 35.3 Å². The van der Waals surface area contributed by atoms with Gasteiger partial charge in [0.15, 0.2) is 0 Å². The van der Waals surface area contributed by atoms with Gasteiger partial charge < -0.3 is 15.2 Å². The Morgan fingerprint density at radius 1 is 1.00 bits per heavy atom. The summed E-state index contributed by atoms with van der Waals surface area (Å²) < 4.78 is 26.9. The Labute approximate surface area is 211 Å². The van der Waals surface area contributed by atoms with Crippen molar-refractivity contribution in [3.8, 4) is 22.4 Å². The van der Waals surface area contributed by atoms with Crippen LogP contribution in [-0.2, 0) is 26.5 Å². The maximum atomic E-state index is 13.9. The zero-order valence-corrected chi connectivity index (χ0v) is 20.5. The summed E-state index contributed by atoms with van der Waals surface area (Å²) in [6.45, 7) is 1.08. The molecule has 1 aromatic heterocycles. The van der Waals surface area contributed by atoms with Gasteiger partial charge in [-0.2, -0.15) is 41.6 Å². The summed E-state index contributed by atoms with van der Waals surface area (Å²) in [6, 6.07) is 27.2. The summed E-state index contributed by atoms with van der Waals surface area (Å²) in [6.07, 6.45) is 6.86. The van der Waals surface area contributed by atoms with Crippen molar-refractivity contribution in [2.75, 3.05) is 6.54 Å². The van der Waals surface area contributed by atoms with E-state index in [-0.39, 0.29) is 31.8 Å². The smallest absolute Gasteiger partial charge is 0.668 e. The first-order valence-corrected chi connectivity index (χ1v) is 10.7. The largest absolute Gasteiger partial charge is 3.00 e. The summed E-state index contributed by atoms with van der Waals surface area (Å²) in [7, 11) is 0. The van der Waals surface area contributed by atoms with Gasteiger partial charge in [0, 0.05) is 24.4 Å². The van der Waals surface area contributed by atoms with Gasteiger partial charge in [0.05, 0.1) is 0 Å². The van der Waals surface area contributed by atoms with Gasteiger partial charge in [0.25, 0.3) is 0 Å². The fourth-order valence-electron chi connectivity index (χ4n) is 4.08. The Kier molecular flexibility index (Phi) is 7.51. The molecule has 170 valence electrons. The van der Waals surface area contributed by atoms with E-state index in [0.717, 1.165) is 36.2 Å². The van der Waals surface area contributed by atoms with Crippen molar-refractivity contribution < 1.29 is 28.9 Å². The molecular weight excluding hydrogens is 609 g/mol. The van der Waals surface area contributed by atoms with Gasteiger partial charge in [-0.25, -0.2) is 0 Å². The number of halogens is 2. The molecule has 3 aromatic carbocycles. The number of nitrogens with zero attached hydrogens (tertiary/aromatic N) is 3. The molecule has 2 aliphatic rings. The third-order valence-electron chi connectivity index (χ3n) is 5.66. The molecule has 0 fully saturated rings. The molecule has 1 atom stereocenters. The van der Waals surface area contributed by atoms with Gasteiger partial charge in [-0.1, -0.05) is 54.4 Å². The molecule has 2 aliphatic heterocycles. The molecule has 4 aromatic rings. The molecule has 0 aliphatic carbocycles. The summed E-state index contributed by atoms with van der Waals surface area (Å²) in [5.74, 6) is -1.32. The molecule has 3 heterocycles. The van der Waals surface area contributed by atoms with E-state index in [0.29, 0.717) is 5.69 Å². The Balaban J connectivity index is 0.000000169. The molecular formula is C28H20F2IrN3. The molecule has 0 saturated carbocycles. The Morgan fingerprint density at radius 3 is 2.68 bits per heavy atom. The number of hydrogen-bond donors (Lipinski definition) is 0. The van der Waals surface area contributed by atoms with Crippen molar-refractivity contribution in [3.05, 3.63) is 132 Å². The van der Waals surface area contributed by atoms with Crippen LogP contribution < -0.4 is 0 Å². The second kappa shape index (κ2) is 10.7. The van der Waals surface area contributed by atoms with Crippen LogP contribution in [0.1, 0.15) is 17.3 Å². The Bertz CT molecular complexity index is 1290. The first kappa shape index (κ1) is 23.8. The minimum absolute atomic E-state index is 0. The predicted molar refractivity (Wildman–Crippen MR) is 125 cm³/mol. The molecule has 6 rings (SSSR count). The van der Waals surface area contributed by atoms with E-state index in [4.69, 9.17) is 0 Å². The third-order valence-corrected chi connectivity index (χ3v) is 5.66. The van der Waals surface area contributed by atoms with Crippen LogP contribution in [0.4, 0.5) is 8.78 Å². The van der Waals surface area contributed by atoms with Crippen LogP contribution in [0, 0.1) is 23.8 Å². The van der Waals surface area contributed by atoms with Crippen LogP contribution in [0.15, 0.2) is 91.4 Å². The summed E-state index contributed by atoms with van der Waals surface area (Å²) in [5.41, 5.74) is 4.99. The summed E-state index contributed by atoms with van der Waals surface area (Å²) in [5, 5.41) is 4.41. The molecule has 1 unspecified atom stereocenters. The van der Waals surface area contributed by atoms with Crippen molar-refractivity contribution in [1.29, 1.82) is 0 Å². The van der Waals surface area contributed by atoms with Crippen molar-refractivity contribution in [1.82, 2.24) is 9.88 Å². The van der Waals surface area contributed by atoms with Crippen LogP contribution in [0.3, 0.4) is 0 Å². The van der Waals surface area contributed by atoms with Crippen LogP contribution in [0.5, 0.6) is 0 Å². The van der Waals surface area contributed by atoms with E-state index in [1.165, 1.54) is 11.1 Å². The quantitative estimate of drug-likeness (QED) is 0.232.